The van der Waals surface area contributed by atoms with Crippen molar-refractivity contribution in [3.05, 3.63) is 0 Å². The van der Waals surface area contributed by atoms with Crippen LogP contribution in [0.4, 0.5) is 0 Å². The number of hydrogen-bond acceptors (Lipinski definition) is 4. The van der Waals surface area contributed by atoms with Crippen molar-refractivity contribution in [2.75, 3.05) is 6.61 Å². The number of hydrogen-bond donors (Lipinski definition) is 4. The fourth-order valence-corrected chi connectivity index (χ4v) is 1.67. The molecular formula is C11H20O6. The third-order valence-corrected chi connectivity index (χ3v) is 2.79. The first-order valence-electron chi connectivity index (χ1n) is 5.62. The van der Waals surface area contributed by atoms with Crippen LogP contribution in [0.15, 0.2) is 0 Å². The van der Waals surface area contributed by atoms with Crippen LogP contribution in [0.5, 0.6) is 0 Å². The molecule has 0 aliphatic heterocycles. The highest BCUT2D eigenvalue weighted by atomic mass is 16.4. The average molecular weight is 248 g/mol. The van der Waals surface area contributed by atoms with Gasteiger partial charge in [-0.05, 0) is 19.8 Å². The zero-order valence-corrected chi connectivity index (χ0v) is 9.93. The van der Waals surface area contributed by atoms with Gasteiger partial charge in [-0.15, -0.1) is 0 Å². The van der Waals surface area contributed by atoms with Gasteiger partial charge >= 0.3 is 11.9 Å². The van der Waals surface area contributed by atoms with Gasteiger partial charge in [0, 0.05) is 0 Å². The minimum Gasteiger partial charge on any atom is -0.480 e. The molecule has 17 heavy (non-hydrogen) atoms. The Labute approximate surface area is 99.9 Å². The molecule has 1 unspecified atom stereocenters. The molecule has 1 saturated carbocycles. The molecule has 1 aliphatic carbocycles. The van der Waals surface area contributed by atoms with Gasteiger partial charge in [0.05, 0.1) is 12.7 Å². The van der Waals surface area contributed by atoms with E-state index in [4.69, 9.17) is 20.4 Å². The van der Waals surface area contributed by atoms with E-state index < -0.39 is 23.5 Å². The minimum absolute atomic E-state index is 0.139. The second-order valence-corrected chi connectivity index (χ2v) is 4.28. The monoisotopic (exact) mass is 248 g/mol. The van der Waals surface area contributed by atoms with Crippen molar-refractivity contribution in [3.63, 3.8) is 0 Å². The maximum Gasteiger partial charge on any atom is 0.321 e. The Morgan fingerprint density at radius 2 is 1.47 bits per heavy atom. The lowest BCUT2D eigenvalue weighted by Gasteiger charge is -2.28. The summed E-state index contributed by atoms with van der Waals surface area (Å²) in [6.07, 6.45) is 2.35. The van der Waals surface area contributed by atoms with Gasteiger partial charge in [-0.25, -0.2) is 0 Å². The van der Waals surface area contributed by atoms with Crippen molar-refractivity contribution in [1.29, 1.82) is 0 Å². The standard InChI is InChI=1S/C8H12O4.C3H8O2/c9-6(10)8(7(11)12)4-2-1-3-5-8;1-3(5)2-4/h1-5H2,(H,9,10)(H,11,12);3-5H,2H2,1H3. The van der Waals surface area contributed by atoms with Crippen LogP contribution in [0.3, 0.4) is 0 Å². The lowest BCUT2D eigenvalue weighted by molar-refractivity contribution is -0.167. The lowest BCUT2D eigenvalue weighted by atomic mass is 9.74. The highest BCUT2D eigenvalue weighted by molar-refractivity contribution is 5.98. The fraction of sp³-hybridized carbons (Fsp3) is 0.818. The largest absolute Gasteiger partial charge is 0.480 e. The second kappa shape index (κ2) is 7.24. The molecule has 0 bridgehead atoms. The maximum atomic E-state index is 10.7. The van der Waals surface area contributed by atoms with Gasteiger partial charge in [0.15, 0.2) is 5.41 Å². The van der Waals surface area contributed by atoms with Crippen LogP contribution >= 0.6 is 0 Å². The molecule has 0 heterocycles. The Balaban J connectivity index is 0.000000437. The van der Waals surface area contributed by atoms with Gasteiger partial charge in [-0.2, -0.15) is 0 Å². The summed E-state index contributed by atoms with van der Waals surface area (Å²) in [4.78, 5) is 21.5. The molecule has 0 spiro atoms. The summed E-state index contributed by atoms with van der Waals surface area (Å²) >= 11 is 0. The smallest absolute Gasteiger partial charge is 0.321 e. The van der Waals surface area contributed by atoms with E-state index in [0.29, 0.717) is 12.8 Å². The summed E-state index contributed by atoms with van der Waals surface area (Å²) in [7, 11) is 0. The Kier molecular flexibility index (Phi) is 6.75. The van der Waals surface area contributed by atoms with Crippen LogP contribution in [-0.2, 0) is 9.59 Å². The van der Waals surface area contributed by atoms with Gasteiger partial charge < -0.3 is 20.4 Å². The molecule has 0 saturated heterocycles. The van der Waals surface area contributed by atoms with E-state index in [1.807, 2.05) is 0 Å². The summed E-state index contributed by atoms with van der Waals surface area (Å²) in [5, 5.41) is 33.6. The van der Waals surface area contributed by atoms with E-state index in [2.05, 4.69) is 0 Å². The van der Waals surface area contributed by atoms with E-state index in [9.17, 15) is 9.59 Å². The maximum absolute atomic E-state index is 10.7. The molecule has 1 aliphatic rings. The van der Waals surface area contributed by atoms with E-state index in [0.717, 1.165) is 6.42 Å². The molecule has 100 valence electrons. The topological polar surface area (TPSA) is 115 Å². The van der Waals surface area contributed by atoms with Crippen LogP contribution < -0.4 is 0 Å². The number of aliphatic hydroxyl groups is 2. The molecule has 0 aromatic heterocycles. The van der Waals surface area contributed by atoms with Gasteiger partial charge in [0.25, 0.3) is 0 Å². The summed E-state index contributed by atoms with van der Waals surface area (Å²) in [6, 6.07) is 0. The van der Waals surface area contributed by atoms with Crippen molar-refractivity contribution in [2.24, 2.45) is 5.41 Å². The molecular weight excluding hydrogens is 228 g/mol. The Bertz CT molecular complexity index is 239. The second-order valence-electron chi connectivity index (χ2n) is 4.28. The fourth-order valence-electron chi connectivity index (χ4n) is 1.67. The molecule has 0 aromatic rings. The molecule has 4 N–H and O–H groups in total. The number of rotatable bonds is 3. The molecule has 1 fully saturated rings. The van der Waals surface area contributed by atoms with Crippen LogP contribution in [-0.4, -0.2) is 45.1 Å². The first-order chi connectivity index (χ1) is 7.86. The highest BCUT2D eigenvalue weighted by Gasteiger charge is 2.46. The average Bonchev–Trinajstić information content (AvgIpc) is 2.30. The van der Waals surface area contributed by atoms with Gasteiger partial charge in [0.1, 0.15) is 0 Å². The predicted octanol–water partition coefficient (Wildman–Crippen LogP) is 0.466. The van der Waals surface area contributed by atoms with Gasteiger partial charge in [0.2, 0.25) is 0 Å². The number of carboxylic acid groups (broad SMARTS) is 2. The molecule has 0 radical (unpaired) electrons. The van der Waals surface area contributed by atoms with Crippen LogP contribution in [0.2, 0.25) is 0 Å². The highest BCUT2D eigenvalue weighted by Crippen LogP contribution is 2.36. The third kappa shape index (κ3) is 4.70. The van der Waals surface area contributed by atoms with E-state index in [1.54, 1.807) is 0 Å². The van der Waals surface area contributed by atoms with Crippen molar-refractivity contribution < 1.29 is 30.0 Å². The Morgan fingerprint density at radius 3 is 1.65 bits per heavy atom. The number of carboxylic acids is 2. The van der Waals surface area contributed by atoms with Gasteiger partial charge in [-0.3, -0.25) is 9.59 Å². The van der Waals surface area contributed by atoms with Crippen molar-refractivity contribution in [1.82, 2.24) is 0 Å². The molecule has 1 atom stereocenters. The minimum atomic E-state index is -1.49. The van der Waals surface area contributed by atoms with Crippen molar-refractivity contribution >= 4 is 11.9 Å². The summed E-state index contributed by atoms with van der Waals surface area (Å²) < 4.78 is 0. The Morgan fingerprint density at radius 1 is 1.12 bits per heavy atom. The Hall–Kier alpha value is -1.14. The third-order valence-electron chi connectivity index (χ3n) is 2.79. The lowest BCUT2D eigenvalue weighted by Crippen LogP contribution is -2.40. The van der Waals surface area contributed by atoms with Crippen LogP contribution in [0, 0.1) is 5.41 Å². The normalized spacial score (nSPS) is 19.7. The van der Waals surface area contributed by atoms with E-state index in [1.165, 1.54) is 6.92 Å². The molecule has 0 amide bonds. The number of carbonyl (C=O) groups is 2. The van der Waals surface area contributed by atoms with Crippen LogP contribution in [0.1, 0.15) is 39.0 Å². The van der Waals surface area contributed by atoms with Crippen LogP contribution in [0.25, 0.3) is 0 Å². The SMILES string of the molecule is CC(O)CO.O=C(O)C1(C(=O)O)CCCCC1. The van der Waals surface area contributed by atoms with Gasteiger partial charge in [-0.1, -0.05) is 19.3 Å². The summed E-state index contributed by atoms with van der Waals surface area (Å²) in [6.45, 7) is 1.39. The van der Waals surface area contributed by atoms with E-state index in [-0.39, 0.29) is 19.4 Å². The molecule has 6 nitrogen and oxygen atoms in total. The number of aliphatic carboxylic acids is 2. The van der Waals surface area contributed by atoms with Crippen molar-refractivity contribution in [3.8, 4) is 0 Å². The first-order valence-corrected chi connectivity index (χ1v) is 5.62. The van der Waals surface area contributed by atoms with Crippen molar-refractivity contribution in [2.45, 2.75) is 45.1 Å². The molecule has 6 heteroatoms. The van der Waals surface area contributed by atoms with E-state index >= 15 is 0 Å². The quantitative estimate of drug-likeness (QED) is 0.539. The zero-order chi connectivity index (χ0) is 13.5. The zero-order valence-electron chi connectivity index (χ0n) is 9.93. The summed E-state index contributed by atoms with van der Waals surface area (Å²) in [5.41, 5.74) is -1.49. The molecule has 0 aromatic carbocycles. The summed E-state index contributed by atoms with van der Waals surface area (Å²) in [5.74, 6) is -2.37. The first kappa shape index (κ1) is 15.9. The molecule has 1 rings (SSSR count). The number of aliphatic hydroxyl groups excluding tert-OH is 2. The predicted molar refractivity (Wildman–Crippen MR) is 59.6 cm³/mol.